The molecule has 0 bridgehead atoms. The van der Waals surface area contributed by atoms with E-state index >= 15 is 0 Å². The highest BCUT2D eigenvalue weighted by molar-refractivity contribution is 14.0. The molecule has 0 aliphatic rings. The Morgan fingerprint density at radius 2 is 1.79 bits per heavy atom. The molecule has 1 aromatic carbocycles. The Balaban J connectivity index is 0.00000529. The quantitative estimate of drug-likeness (QED) is 0.366. The topological polar surface area (TPSA) is 68.9 Å². The summed E-state index contributed by atoms with van der Waals surface area (Å²) in [6.07, 6.45) is -3.87. The van der Waals surface area contributed by atoms with Crippen LogP contribution in [0, 0.1) is 5.41 Å². The molecule has 0 saturated carbocycles. The zero-order valence-corrected chi connectivity index (χ0v) is 16.1. The molecule has 0 radical (unpaired) electrons. The number of nitrogens with two attached hydrogens (primary N) is 1. The number of ether oxygens (including phenoxy) is 2. The van der Waals surface area contributed by atoms with Crippen molar-refractivity contribution >= 4 is 35.6 Å². The maximum absolute atomic E-state index is 12.1. The Morgan fingerprint density at radius 1 is 1.21 bits per heavy atom. The maximum Gasteiger partial charge on any atom is 0.573 e. The van der Waals surface area contributed by atoms with Crippen molar-refractivity contribution in [2.45, 2.75) is 26.6 Å². The molecule has 3 N–H and O–H groups in total. The molecular weight excluding hydrogens is 438 g/mol. The summed E-state index contributed by atoms with van der Waals surface area (Å²) < 4.78 is 45.0. The minimum absolute atomic E-state index is 0. The molecule has 5 nitrogen and oxygen atoms in total. The van der Waals surface area contributed by atoms with Gasteiger partial charge in [-0.2, -0.15) is 0 Å². The molecule has 0 aliphatic carbocycles. The third kappa shape index (κ3) is 9.81. The minimum atomic E-state index is -4.71. The van der Waals surface area contributed by atoms with Crippen LogP contribution >= 0.6 is 24.0 Å². The van der Waals surface area contributed by atoms with Gasteiger partial charge in [-0.3, -0.25) is 4.99 Å². The zero-order chi connectivity index (χ0) is 17.5. The van der Waals surface area contributed by atoms with Crippen LogP contribution in [-0.4, -0.2) is 32.6 Å². The van der Waals surface area contributed by atoms with E-state index in [4.69, 9.17) is 10.5 Å². The highest BCUT2D eigenvalue weighted by atomic mass is 127. The van der Waals surface area contributed by atoms with Crippen molar-refractivity contribution in [3.05, 3.63) is 24.3 Å². The van der Waals surface area contributed by atoms with Gasteiger partial charge in [-0.1, -0.05) is 13.8 Å². The summed E-state index contributed by atoms with van der Waals surface area (Å²) in [6, 6.07) is 5.26. The van der Waals surface area contributed by atoms with Crippen LogP contribution in [0.4, 0.5) is 18.9 Å². The maximum atomic E-state index is 12.1. The van der Waals surface area contributed by atoms with Gasteiger partial charge in [0.15, 0.2) is 5.96 Å². The SMILES string of the molecule is COCCC(C)(C)CN=C(N)Nc1ccc(OC(F)(F)F)cc1.I. The summed E-state index contributed by atoms with van der Waals surface area (Å²) in [5.41, 5.74) is 6.24. The number of hydrogen-bond acceptors (Lipinski definition) is 3. The molecule has 1 rings (SSSR count). The molecule has 0 aromatic heterocycles. The highest BCUT2D eigenvalue weighted by Crippen LogP contribution is 2.24. The van der Waals surface area contributed by atoms with Crippen molar-refractivity contribution < 1.29 is 22.6 Å². The highest BCUT2D eigenvalue weighted by Gasteiger charge is 2.30. The number of methoxy groups -OCH3 is 1. The van der Waals surface area contributed by atoms with Crippen LogP contribution in [-0.2, 0) is 4.74 Å². The molecular formula is C15H23F3IN3O2. The van der Waals surface area contributed by atoms with Gasteiger partial charge >= 0.3 is 6.36 Å². The van der Waals surface area contributed by atoms with Gasteiger partial charge in [0, 0.05) is 25.9 Å². The Bertz CT molecular complexity index is 520. The van der Waals surface area contributed by atoms with E-state index in [-0.39, 0.29) is 41.1 Å². The Morgan fingerprint density at radius 3 is 2.29 bits per heavy atom. The first-order chi connectivity index (χ1) is 10.6. The first-order valence-electron chi connectivity index (χ1n) is 7.03. The number of guanidine groups is 1. The molecule has 138 valence electrons. The van der Waals surface area contributed by atoms with Crippen LogP contribution in [0.1, 0.15) is 20.3 Å². The second-order valence-electron chi connectivity index (χ2n) is 5.81. The molecule has 0 spiro atoms. The van der Waals surface area contributed by atoms with Crippen LogP contribution in [0.5, 0.6) is 5.75 Å². The van der Waals surface area contributed by atoms with Gasteiger partial charge in [0.2, 0.25) is 0 Å². The van der Waals surface area contributed by atoms with E-state index in [1.807, 2.05) is 13.8 Å². The summed E-state index contributed by atoms with van der Waals surface area (Å²) in [5, 5.41) is 2.82. The lowest BCUT2D eigenvalue weighted by Gasteiger charge is -2.22. The van der Waals surface area contributed by atoms with E-state index in [1.165, 1.54) is 24.3 Å². The van der Waals surface area contributed by atoms with Gasteiger partial charge in [0.05, 0.1) is 0 Å². The number of nitrogens with one attached hydrogen (secondary N) is 1. The van der Waals surface area contributed by atoms with Crippen molar-refractivity contribution in [2.24, 2.45) is 16.1 Å². The lowest BCUT2D eigenvalue weighted by Crippen LogP contribution is -2.26. The Hall–Kier alpha value is -1.23. The summed E-state index contributed by atoms with van der Waals surface area (Å²) in [4.78, 5) is 4.24. The van der Waals surface area contributed by atoms with Crippen molar-refractivity contribution in [1.82, 2.24) is 0 Å². The third-order valence-corrected chi connectivity index (χ3v) is 3.02. The van der Waals surface area contributed by atoms with Gasteiger partial charge in [-0.25, -0.2) is 0 Å². The fourth-order valence-electron chi connectivity index (χ4n) is 1.68. The summed E-state index contributed by atoms with van der Waals surface area (Å²) in [7, 11) is 1.64. The number of rotatable bonds is 7. The predicted molar refractivity (Wildman–Crippen MR) is 98.9 cm³/mol. The second kappa shape index (κ2) is 9.92. The lowest BCUT2D eigenvalue weighted by molar-refractivity contribution is -0.274. The zero-order valence-electron chi connectivity index (χ0n) is 13.8. The smallest absolute Gasteiger partial charge is 0.406 e. The fraction of sp³-hybridized carbons (Fsp3) is 0.533. The molecule has 0 atom stereocenters. The second-order valence-corrected chi connectivity index (χ2v) is 5.81. The Labute approximate surface area is 156 Å². The largest absolute Gasteiger partial charge is 0.573 e. The molecule has 24 heavy (non-hydrogen) atoms. The molecule has 0 amide bonds. The first kappa shape index (κ1) is 22.8. The fourth-order valence-corrected chi connectivity index (χ4v) is 1.68. The predicted octanol–water partition coefficient (Wildman–Crippen LogP) is 3.99. The van der Waals surface area contributed by atoms with Gasteiger partial charge in [-0.15, -0.1) is 37.1 Å². The number of benzene rings is 1. The average Bonchev–Trinajstić information content (AvgIpc) is 2.44. The Kier molecular flexibility index (Phi) is 9.41. The number of nitrogens with zero attached hydrogens (tertiary/aromatic N) is 1. The normalized spacial score (nSPS) is 12.5. The van der Waals surface area contributed by atoms with Crippen LogP contribution < -0.4 is 15.8 Å². The molecule has 1 aromatic rings. The third-order valence-electron chi connectivity index (χ3n) is 3.02. The van der Waals surface area contributed by atoms with E-state index in [2.05, 4.69) is 15.0 Å². The van der Waals surface area contributed by atoms with Crippen LogP contribution in [0.2, 0.25) is 0 Å². The van der Waals surface area contributed by atoms with E-state index in [0.717, 1.165) is 6.42 Å². The minimum Gasteiger partial charge on any atom is -0.406 e. The monoisotopic (exact) mass is 461 g/mol. The molecule has 0 heterocycles. The number of hydrogen-bond donors (Lipinski definition) is 2. The average molecular weight is 461 g/mol. The van der Waals surface area contributed by atoms with Gasteiger partial charge in [-0.05, 0) is 36.1 Å². The van der Waals surface area contributed by atoms with E-state index in [9.17, 15) is 13.2 Å². The van der Waals surface area contributed by atoms with Crippen molar-refractivity contribution in [2.75, 3.05) is 25.6 Å². The summed E-state index contributed by atoms with van der Waals surface area (Å²) in [6.45, 7) is 5.24. The van der Waals surface area contributed by atoms with Crippen LogP contribution in [0.15, 0.2) is 29.3 Å². The standard InChI is InChI=1S/C15H22F3N3O2.HI/c1-14(2,8-9-22-3)10-20-13(19)21-11-4-6-12(7-5-11)23-15(16,17)18;/h4-7H,8-10H2,1-3H3,(H3,19,20,21);1H. The van der Waals surface area contributed by atoms with Gasteiger partial charge in [0.1, 0.15) is 5.75 Å². The molecule has 0 saturated heterocycles. The number of alkyl halides is 3. The summed E-state index contributed by atoms with van der Waals surface area (Å²) in [5.74, 6) is -0.0979. The number of anilines is 1. The molecule has 0 unspecified atom stereocenters. The first-order valence-corrected chi connectivity index (χ1v) is 7.03. The van der Waals surface area contributed by atoms with E-state index in [1.54, 1.807) is 7.11 Å². The van der Waals surface area contributed by atoms with Crippen LogP contribution in [0.25, 0.3) is 0 Å². The molecule has 0 aliphatic heterocycles. The number of aliphatic imine (C=N–C) groups is 1. The van der Waals surface area contributed by atoms with Crippen molar-refractivity contribution in [3.63, 3.8) is 0 Å². The summed E-state index contributed by atoms with van der Waals surface area (Å²) >= 11 is 0. The lowest BCUT2D eigenvalue weighted by atomic mass is 9.90. The van der Waals surface area contributed by atoms with Gasteiger partial charge in [0.25, 0.3) is 0 Å². The van der Waals surface area contributed by atoms with E-state index < -0.39 is 6.36 Å². The van der Waals surface area contributed by atoms with E-state index in [0.29, 0.717) is 18.8 Å². The molecule has 9 heteroatoms. The molecule has 0 fully saturated rings. The van der Waals surface area contributed by atoms with Crippen molar-refractivity contribution in [3.8, 4) is 5.75 Å². The van der Waals surface area contributed by atoms with Crippen LogP contribution in [0.3, 0.4) is 0 Å². The van der Waals surface area contributed by atoms with Gasteiger partial charge < -0.3 is 20.5 Å². The van der Waals surface area contributed by atoms with Crippen molar-refractivity contribution in [1.29, 1.82) is 0 Å². The number of halogens is 4.